The van der Waals surface area contributed by atoms with Crippen molar-refractivity contribution in [1.29, 1.82) is 0 Å². The SMILES string of the molecule is COCCOc1ccnc2[nH]cc([N+](=O)[O-])c12. The normalized spacial score (nSPS) is 10.6. The number of aromatic amines is 1. The van der Waals surface area contributed by atoms with Gasteiger partial charge in [0.15, 0.2) is 0 Å². The van der Waals surface area contributed by atoms with E-state index in [2.05, 4.69) is 9.97 Å². The van der Waals surface area contributed by atoms with Crippen LogP contribution in [-0.2, 0) is 4.74 Å². The van der Waals surface area contributed by atoms with Crippen LogP contribution in [0.5, 0.6) is 5.75 Å². The molecule has 2 aromatic rings. The van der Waals surface area contributed by atoms with E-state index < -0.39 is 4.92 Å². The number of methoxy groups -OCH3 is 1. The number of rotatable bonds is 5. The number of H-pyrrole nitrogens is 1. The summed E-state index contributed by atoms with van der Waals surface area (Å²) in [6.45, 7) is 0.750. The fourth-order valence-electron chi connectivity index (χ4n) is 1.51. The van der Waals surface area contributed by atoms with Gasteiger partial charge in [-0.05, 0) is 6.07 Å². The lowest BCUT2D eigenvalue weighted by atomic mass is 10.3. The van der Waals surface area contributed by atoms with E-state index in [1.54, 1.807) is 13.2 Å². The van der Waals surface area contributed by atoms with Crippen molar-refractivity contribution < 1.29 is 14.4 Å². The van der Waals surface area contributed by atoms with Crippen molar-refractivity contribution in [3.8, 4) is 5.75 Å². The van der Waals surface area contributed by atoms with Gasteiger partial charge in [0.2, 0.25) is 0 Å². The molecule has 2 aromatic heterocycles. The molecule has 0 unspecified atom stereocenters. The Bertz CT molecular complexity index is 537. The van der Waals surface area contributed by atoms with E-state index in [9.17, 15) is 10.1 Å². The van der Waals surface area contributed by atoms with E-state index in [1.807, 2.05) is 0 Å². The Morgan fingerprint density at radius 2 is 2.35 bits per heavy atom. The van der Waals surface area contributed by atoms with Crippen LogP contribution < -0.4 is 4.74 Å². The van der Waals surface area contributed by atoms with Gasteiger partial charge in [-0.2, -0.15) is 0 Å². The molecule has 2 heterocycles. The first-order chi connectivity index (χ1) is 8.24. The number of ether oxygens (including phenoxy) is 2. The topological polar surface area (TPSA) is 90.3 Å². The van der Waals surface area contributed by atoms with E-state index in [0.29, 0.717) is 30.0 Å². The standard InChI is InChI=1S/C10H11N3O4/c1-16-4-5-17-8-2-3-11-10-9(8)7(6-12-10)13(14)15/h2-3,6H,4-5H2,1H3,(H,11,12). The molecule has 0 aliphatic heterocycles. The Morgan fingerprint density at radius 3 is 3.06 bits per heavy atom. The number of pyridine rings is 1. The first kappa shape index (κ1) is 11.3. The summed E-state index contributed by atoms with van der Waals surface area (Å²) in [5, 5.41) is 11.2. The lowest BCUT2D eigenvalue weighted by Crippen LogP contribution is -2.04. The van der Waals surface area contributed by atoms with Gasteiger partial charge in [-0.3, -0.25) is 10.1 Å². The van der Waals surface area contributed by atoms with E-state index in [4.69, 9.17) is 9.47 Å². The van der Waals surface area contributed by atoms with Gasteiger partial charge in [-0.25, -0.2) is 4.98 Å². The average molecular weight is 237 g/mol. The van der Waals surface area contributed by atoms with Crippen LogP contribution in [0.3, 0.4) is 0 Å². The highest BCUT2D eigenvalue weighted by Crippen LogP contribution is 2.32. The minimum Gasteiger partial charge on any atom is -0.490 e. The van der Waals surface area contributed by atoms with Crippen LogP contribution >= 0.6 is 0 Å². The third kappa shape index (κ3) is 2.18. The van der Waals surface area contributed by atoms with Crippen molar-refractivity contribution in [2.24, 2.45) is 0 Å². The molecular formula is C10H11N3O4. The maximum Gasteiger partial charge on any atom is 0.299 e. The molecule has 0 radical (unpaired) electrons. The summed E-state index contributed by atoms with van der Waals surface area (Å²) in [6.07, 6.45) is 2.84. The minimum absolute atomic E-state index is 0.0412. The highest BCUT2D eigenvalue weighted by atomic mass is 16.6. The third-order valence-corrected chi connectivity index (χ3v) is 2.26. The zero-order valence-electron chi connectivity index (χ0n) is 9.17. The molecule has 2 rings (SSSR count). The van der Waals surface area contributed by atoms with Gasteiger partial charge in [0.25, 0.3) is 5.69 Å². The number of nitrogens with one attached hydrogen (secondary N) is 1. The van der Waals surface area contributed by atoms with Crippen LogP contribution in [0.15, 0.2) is 18.5 Å². The smallest absolute Gasteiger partial charge is 0.299 e. The van der Waals surface area contributed by atoms with Crippen molar-refractivity contribution >= 4 is 16.7 Å². The van der Waals surface area contributed by atoms with E-state index in [-0.39, 0.29) is 5.69 Å². The number of nitrogens with zero attached hydrogens (tertiary/aromatic N) is 2. The monoisotopic (exact) mass is 237 g/mol. The van der Waals surface area contributed by atoms with E-state index >= 15 is 0 Å². The predicted octanol–water partition coefficient (Wildman–Crippen LogP) is 1.50. The van der Waals surface area contributed by atoms with Gasteiger partial charge in [0.1, 0.15) is 23.4 Å². The predicted molar refractivity (Wildman–Crippen MR) is 60.1 cm³/mol. The van der Waals surface area contributed by atoms with Crippen LogP contribution in [-0.4, -0.2) is 35.2 Å². The van der Waals surface area contributed by atoms with Gasteiger partial charge in [-0.15, -0.1) is 0 Å². The molecule has 0 amide bonds. The number of nitro groups is 1. The highest BCUT2D eigenvalue weighted by molar-refractivity contribution is 5.91. The number of aromatic nitrogens is 2. The van der Waals surface area contributed by atoms with Gasteiger partial charge in [0.05, 0.1) is 17.7 Å². The molecular weight excluding hydrogens is 226 g/mol. The maximum absolute atomic E-state index is 10.8. The number of hydrogen-bond donors (Lipinski definition) is 1. The summed E-state index contributed by atoms with van der Waals surface area (Å²) in [6, 6.07) is 1.60. The molecule has 90 valence electrons. The van der Waals surface area contributed by atoms with Gasteiger partial charge >= 0.3 is 0 Å². The summed E-state index contributed by atoms with van der Waals surface area (Å²) < 4.78 is 10.3. The second-order valence-electron chi connectivity index (χ2n) is 3.30. The zero-order chi connectivity index (χ0) is 12.3. The first-order valence-electron chi connectivity index (χ1n) is 4.96. The molecule has 0 spiro atoms. The molecule has 0 aliphatic carbocycles. The van der Waals surface area contributed by atoms with Crippen LogP contribution in [0.4, 0.5) is 5.69 Å². The Kier molecular flexibility index (Phi) is 3.20. The van der Waals surface area contributed by atoms with E-state index in [1.165, 1.54) is 12.4 Å². The first-order valence-corrected chi connectivity index (χ1v) is 4.96. The van der Waals surface area contributed by atoms with Gasteiger partial charge < -0.3 is 14.5 Å². The molecule has 0 bridgehead atoms. The zero-order valence-corrected chi connectivity index (χ0v) is 9.17. The van der Waals surface area contributed by atoms with Crippen molar-refractivity contribution in [1.82, 2.24) is 9.97 Å². The Balaban J connectivity index is 2.39. The van der Waals surface area contributed by atoms with Gasteiger partial charge in [0, 0.05) is 13.3 Å². The summed E-state index contributed by atoms with van der Waals surface area (Å²) in [5.41, 5.74) is 0.395. The van der Waals surface area contributed by atoms with Crippen LogP contribution in [0.25, 0.3) is 11.0 Å². The molecule has 17 heavy (non-hydrogen) atoms. The van der Waals surface area contributed by atoms with Crippen LogP contribution in [0.1, 0.15) is 0 Å². The molecule has 0 atom stereocenters. The summed E-state index contributed by atoms with van der Waals surface area (Å²) >= 11 is 0. The van der Waals surface area contributed by atoms with Crippen molar-refractivity contribution in [3.63, 3.8) is 0 Å². The Hall–Kier alpha value is -2.15. The second kappa shape index (κ2) is 4.79. The van der Waals surface area contributed by atoms with Crippen molar-refractivity contribution in [2.75, 3.05) is 20.3 Å². The summed E-state index contributed by atoms with van der Waals surface area (Å²) in [7, 11) is 1.56. The lowest BCUT2D eigenvalue weighted by Gasteiger charge is -2.05. The number of fused-ring (bicyclic) bond motifs is 1. The molecule has 1 N–H and O–H groups in total. The van der Waals surface area contributed by atoms with Crippen LogP contribution in [0, 0.1) is 10.1 Å². The molecule has 0 aliphatic rings. The second-order valence-corrected chi connectivity index (χ2v) is 3.30. The lowest BCUT2D eigenvalue weighted by molar-refractivity contribution is -0.383. The number of hydrogen-bond acceptors (Lipinski definition) is 5. The molecule has 0 aromatic carbocycles. The Morgan fingerprint density at radius 1 is 1.53 bits per heavy atom. The Labute approximate surface area is 96.5 Å². The molecule has 0 saturated carbocycles. The maximum atomic E-state index is 10.8. The average Bonchev–Trinajstić information content (AvgIpc) is 2.74. The largest absolute Gasteiger partial charge is 0.490 e. The van der Waals surface area contributed by atoms with Crippen molar-refractivity contribution in [3.05, 3.63) is 28.6 Å². The summed E-state index contributed by atoms with van der Waals surface area (Å²) in [4.78, 5) is 17.1. The third-order valence-electron chi connectivity index (χ3n) is 2.26. The quantitative estimate of drug-likeness (QED) is 0.483. The minimum atomic E-state index is -0.469. The molecule has 7 heteroatoms. The molecule has 0 saturated heterocycles. The fraction of sp³-hybridized carbons (Fsp3) is 0.300. The summed E-state index contributed by atoms with van der Waals surface area (Å²) in [5.74, 6) is 0.431. The van der Waals surface area contributed by atoms with E-state index in [0.717, 1.165) is 0 Å². The molecule has 7 nitrogen and oxygen atoms in total. The fourth-order valence-corrected chi connectivity index (χ4v) is 1.51. The van der Waals surface area contributed by atoms with Crippen molar-refractivity contribution in [2.45, 2.75) is 0 Å². The molecule has 0 fully saturated rings. The highest BCUT2D eigenvalue weighted by Gasteiger charge is 2.19. The van der Waals surface area contributed by atoms with Gasteiger partial charge in [-0.1, -0.05) is 0 Å². The van der Waals surface area contributed by atoms with Crippen LogP contribution in [0.2, 0.25) is 0 Å².